The molecule has 1 fully saturated rings. The zero-order valence-electron chi connectivity index (χ0n) is 21.5. The van der Waals surface area contributed by atoms with Gasteiger partial charge in [0, 0.05) is 45.1 Å². The Kier molecular flexibility index (Phi) is 8.92. The normalized spacial score (nSPS) is 15.7. The second kappa shape index (κ2) is 12.3. The quantitative estimate of drug-likeness (QED) is 0.177. The van der Waals surface area contributed by atoms with E-state index >= 15 is 0 Å². The first-order valence-corrected chi connectivity index (χ1v) is 16.1. The molecule has 3 aromatic rings. The van der Waals surface area contributed by atoms with E-state index in [4.69, 9.17) is 24.4 Å². The Bertz CT molecular complexity index is 1180. The first-order chi connectivity index (χ1) is 17.4. The number of benzene rings is 2. The Balaban J connectivity index is 1.37. The number of nitrogens with one attached hydrogen (secondary N) is 1. The lowest BCUT2D eigenvalue weighted by atomic mass is 10.1. The molecule has 0 unspecified atom stereocenters. The lowest BCUT2D eigenvalue weighted by Crippen LogP contribution is -2.73. The highest BCUT2D eigenvalue weighted by Crippen LogP contribution is 2.27. The molecule has 8 nitrogen and oxygen atoms in total. The van der Waals surface area contributed by atoms with Gasteiger partial charge in [0.2, 0.25) is 18.3 Å². The molecule has 1 aliphatic rings. The average molecular weight is 510 g/mol. The molecule has 36 heavy (non-hydrogen) atoms. The van der Waals surface area contributed by atoms with Gasteiger partial charge in [0.1, 0.15) is 17.0 Å². The molecule has 0 aliphatic carbocycles. The van der Waals surface area contributed by atoms with E-state index in [0.29, 0.717) is 24.9 Å². The topological polar surface area (TPSA) is 97.0 Å². The summed E-state index contributed by atoms with van der Waals surface area (Å²) in [6.45, 7) is 12.2. The molecular formula is C27H37N4O4Si+. The van der Waals surface area contributed by atoms with Crippen molar-refractivity contribution in [2.45, 2.75) is 32.2 Å². The lowest BCUT2D eigenvalue weighted by Gasteiger charge is -2.24. The van der Waals surface area contributed by atoms with Crippen LogP contribution in [0.4, 0.5) is 0 Å². The van der Waals surface area contributed by atoms with Crippen LogP contribution in [0.1, 0.15) is 11.5 Å². The molecule has 0 radical (unpaired) electrons. The lowest BCUT2D eigenvalue weighted by molar-refractivity contribution is -0.506. The fourth-order valence-electron chi connectivity index (χ4n) is 3.81. The number of hydrogen-bond donors (Lipinski definition) is 2. The highest BCUT2D eigenvalue weighted by atomic mass is 28.3. The summed E-state index contributed by atoms with van der Waals surface area (Å²) in [6, 6.07) is 14.7. The van der Waals surface area contributed by atoms with Gasteiger partial charge in [-0.05, 0) is 42.4 Å². The zero-order valence-corrected chi connectivity index (χ0v) is 22.5. The minimum Gasteiger partial charge on any atom is -0.457 e. The van der Waals surface area contributed by atoms with E-state index in [1.54, 1.807) is 0 Å². The van der Waals surface area contributed by atoms with Crippen LogP contribution in [0.2, 0.25) is 25.7 Å². The van der Waals surface area contributed by atoms with Crippen LogP contribution in [0, 0.1) is 0 Å². The predicted molar refractivity (Wildman–Crippen MR) is 144 cm³/mol. The molecule has 9 heteroatoms. The van der Waals surface area contributed by atoms with Crippen LogP contribution < -0.4 is 15.5 Å². The van der Waals surface area contributed by atoms with Crippen molar-refractivity contribution < 1.29 is 23.6 Å². The summed E-state index contributed by atoms with van der Waals surface area (Å²) in [5.41, 5.74) is 9.10. The van der Waals surface area contributed by atoms with Crippen molar-refractivity contribution in [1.29, 1.82) is 0 Å². The first-order valence-electron chi connectivity index (χ1n) is 12.4. The van der Waals surface area contributed by atoms with Crippen LogP contribution in [0.25, 0.3) is 11.1 Å². The summed E-state index contributed by atoms with van der Waals surface area (Å²) in [5, 5.41) is 0. The van der Waals surface area contributed by atoms with E-state index in [1.807, 2.05) is 48.5 Å². The standard InChI is InChI=1S/C27H36N4O4Si/c1-36(2,3)17-16-33-20-29-24(10-11-28)21-4-6-22(7-5-21)34-23-8-9-25-26(18-23)35-27(30-25)19-31-12-14-32-15-13-31/h4-11,18H,12-17,19-20,28H2,1-3H3/p+1/b11-10-,29-24-. The van der Waals surface area contributed by atoms with Crippen LogP contribution in [0.5, 0.6) is 11.5 Å². The second-order valence-electron chi connectivity index (χ2n) is 10.1. The van der Waals surface area contributed by atoms with E-state index in [1.165, 1.54) is 6.20 Å². The zero-order chi connectivity index (χ0) is 25.4. The molecular weight excluding hydrogens is 472 g/mol. The maximum Gasteiger partial charge on any atom is 0.246 e. The molecule has 0 saturated carbocycles. The van der Waals surface area contributed by atoms with Crippen molar-refractivity contribution >= 4 is 24.9 Å². The summed E-state index contributed by atoms with van der Waals surface area (Å²) in [6.07, 6.45) is 3.36. The molecule has 192 valence electrons. The fourth-order valence-corrected chi connectivity index (χ4v) is 4.56. The molecule has 0 bridgehead atoms. The minimum absolute atomic E-state index is 0.438. The Labute approximate surface area is 213 Å². The van der Waals surface area contributed by atoms with E-state index in [-0.39, 0.29) is 0 Å². The molecule has 1 aliphatic heterocycles. The first kappa shape index (κ1) is 26.1. The molecule has 0 spiro atoms. The van der Waals surface area contributed by atoms with Crippen molar-refractivity contribution in [2.75, 3.05) is 39.6 Å². The van der Waals surface area contributed by atoms with Crippen molar-refractivity contribution in [2.24, 2.45) is 5.73 Å². The van der Waals surface area contributed by atoms with Crippen molar-refractivity contribution in [3.8, 4) is 11.5 Å². The number of morpholine rings is 1. The molecule has 1 saturated heterocycles. The number of nitrogens with two attached hydrogens (primary N) is 1. The predicted octanol–water partition coefficient (Wildman–Crippen LogP) is 3.11. The third kappa shape index (κ3) is 7.76. The second-order valence-corrected chi connectivity index (χ2v) is 15.7. The van der Waals surface area contributed by atoms with Gasteiger partial charge in [-0.3, -0.25) is 4.90 Å². The Morgan fingerprint density at radius 1 is 1.11 bits per heavy atom. The molecule has 3 N–H and O–H groups in total. The van der Waals surface area contributed by atoms with Crippen molar-refractivity contribution in [3.05, 3.63) is 66.2 Å². The van der Waals surface area contributed by atoms with E-state index in [2.05, 4.69) is 34.5 Å². The van der Waals surface area contributed by atoms with Gasteiger partial charge in [0.15, 0.2) is 5.58 Å². The number of nitrogens with zero attached hydrogens (tertiary/aromatic N) is 2. The minimum atomic E-state index is -1.10. The van der Waals surface area contributed by atoms with Crippen LogP contribution in [0.3, 0.4) is 0 Å². The van der Waals surface area contributed by atoms with Crippen LogP contribution in [-0.4, -0.2) is 63.3 Å². The number of fused-ring (bicyclic) bond motifs is 1. The monoisotopic (exact) mass is 509 g/mol. The Hall–Kier alpha value is -2.98. The smallest absolute Gasteiger partial charge is 0.246 e. The SMILES string of the molecule is C[Si](C)(C)CCOC/[NH+]=C(/C=C\N)c1ccc(Oc2ccc3nc(CN4CCOCC4)oc3c2)cc1. The third-order valence-electron chi connectivity index (χ3n) is 5.89. The summed E-state index contributed by atoms with van der Waals surface area (Å²) in [7, 11) is -1.10. The molecule has 2 aromatic carbocycles. The van der Waals surface area contributed by atoms with E-state index in [0.717, 1.165) is 67.1 Å². The third-order valence-corrected chi connectivity index (χ3v) is 7.60. The largest absolute Gasteiger partial charge is 0.457 e. The summed E-state index contributed by atoms with van der Waals surface area (Å²) in [4.78, 5) is 10.2. The van der Waals surface area contributed by atoms with Gasteiger partial charge in [0.25, 0.3) is 0 Å². The average Bonchev–Trinajstić information content (AvgIpc) is 3.25. The number of aromatic nitrogens is 1. The van der Waals surface area contributed by atoms with Gasteiger partial charge in [-0.1, -0.05) is 19.6 Å². The number of allylic oxidation sites excluding steroid dienone is 1. The van der Waals surface area contributed by atoms with Crippen LogP contribution >= 0.6 is 0 Å². The number of oxazole rings is 1. The molecule has 1 aromatic heterocycles. The van der Waals surface area contributed by atoms with Gasteiger partial charge < -0.3 is 24.4 Å². The van der Waals surface area contributed by atoms with E-state index < -0.39 is 8.07 Å². The Morgan fingerprint density at radius 3 is 2.58 bits per heavy atom. The van der Waals surface area contributed by atoms with Crippen LogP contribution in [-0.2, 0) is 16.0 Å². The molecule has 4 rings (SSSR count). The maximum atomic E-state index is 6.08. The van der Waals surface area contributed by atoms with Gasteiger partial charge >= 0.3 is 0 Å². The maximum absolute atomic E-state index is 6.08. The number of rotatable bonds is 11. The molecule has 0 amide bonds. The summed E-state index contributed by atoms with van der Waals surface area (Å²) in [5.74, 6) is 2.14. The fraction of sp³-hybridized carbons (Fsp3) is 0.407. The number of ether oxygens (including phenoxy) is 3. The van der Waals surface area contributed by atoms with Crippen molar-refractivity contribution in [1.82, 2.24) is 9.88 Å². The summed E-state index contributed by atoms with van der Waals surface area (Å²) >= 11 is 0. The van der Waals surface area contributed by atoms with Gasteiger partial charge in [-0.2, -0.15) is 0 Å². The number of hydrogen-bond acceptors (Lipinski definition) is 7. The van der Waals surface area contributed by atoms with Crippen molar-refractivity contribution in [3.63, 3.8) is 0 Å². The van der Waals surface area contributed by atoms with Gasteiger partial charge in [0.05, 0.1) is 26.4 Å². The Morgan fingerprint density at radius 2 is 1.86 bits per heavy atom. The highest BCUT2D eigenvalue weighted by molar-refractivity contribution is 6.76. The molecule has 0 atom stereocenters. The molecule has 2 heterocycles. The highest BCUT2D eigenvalue weighted by Gasteiger charge is 2.15. The van der Waals surface area contributed by atoms with E-state index in [9.17, 15) is 0 Å². The summed E-state index contributed by atoms with van der Waals surface area (Å²) < 4.78 is 23.2. The van der Waals surface area contributed by atoms with Gasteiger partial charge in [-0.25, -0.2) is 9.98 Å². The van der Waals surface area contributed by atoms with Gasteiger partial charge in [-0.15, -0.1) is 0 Å². The van der Waals surface area contributed by atoms with Crippen LogP contribution in [0.15, 0.2) is 59.2 Å².